The molecule has 1 aliphatic heterocycles. The van der Waals surface area contributed by atoms with Gasteiger partial charge in [-0.25, -0.2) is 0 Å². The van der Waals surface area contributed by atoms with Crippen LogP contribution in [0.1, 0.15) is 23.0 Å². The van der Waals surface area contributed by atoms with Crippen LogP contribution in [0.3, 0.4) is 0 Å². The summed E-state index contributed by atoms with van der Waals surface area (Å²) in [5.74, 6) is 7.44. The van der Waals surface area contributed by atoms with Gasteiger partial charge in [0.15, 0.2) is 0 Å². The van der Waals surface area contributed by atoms with Gasteiger partial charge in [0.25, 0.3) is 5.91 Å². The van der Waals surface area contributed by atoms with E-state index >= 15 is 0 Å². The van der Waals surface area contributed by atoms with Crippen LogP contribution in [0.15, 0.2) is 12.3 Å². The quantitative estimate of drug-likeness (QED) is 0.623. The second-order valence-electron chi connectivity index (χ2n) is 4.44. The zero-order valence-corrected chi connectivity index (χ0v) is 11.5. The fraction of sp³-hybridized carbons (Fsp3) is 0.500. The number of hydrogen-bond donors (Lipinski definition) is 2. The van der Waals surface area contributed by atoms with Gasteiger partial charge in [-0.2, -0.15) is 11.8 Å². The Bertz CT molecular complexity index is 452. The zero-order valence-electron chi connectivity index (χ0n) is 10.6. The molecule has 1 atom stereocenters. The number of pyridine rings is 1. The van der Waals surface area contributed by atoms with Crippen molar-refractivity contribution in [3.63, 3.8) is 0 Å². The summed E-state index contributed by atoms with van der Waals surface area (Å²) < 4.78 is 0. The Morgan fingerprint density at radius 2 is 2.44 bits per heavy atom. The Hall–Kier alpha value is -1.27. The van der Waals surface area contributed by atoms with Gasteiger partial charge in [-0.3, -0.25) is 15.6 Å². The number of nitrogen functional groups attached to an aromatic ring is 1. The zero-order chi connectivity index (χ0) is 13.1. The topological polar surface area (TPSA) is 71.2 Å². The van der Waals surface area contributed by atoms with E-state index in [1.165, 1.54) is 0 Å². The first-order chi connectivity index (χ1) is 8.63. The van der Waals surface area contributed by atoms with Gasteiger partial charge in [-0.05, 0) is 19.9 Å². The highest BCUT2D eigenvalue weighted by molar-refractivity contribution is 7.99. The second kappa shape index (κ2) is 5.58. The van der Waals surface area contributed by atoms with E-state index in [9.17, 15) is 4.79 Å². The molecule has 6 heteroatoms. The van der Waals surface area contributed by atoms with Crippen LogP contribution in [0.5, 0.6) is 0 Å². The lowest BCUT2D eigenvalue weighted by Crippen LogP contribution is -2.44. The Kier molecular flexibility index (Phi) is 4.08. The summed E-state index contributed by atoms with van der Waals surface area (Å²) in [4.78, 5) is 18.6. The van der Waals surface area contributed by atoms with E-state index in [0.717, 1.165) is 23.7 Å². The minimum atomic E-state index is 0.00301. The lowest BCUT2D eigenvalue weighted by Gasteiger charge is -2.33. The molecule has 3 N–H and O–H groups in total. The molecule has 1 aromatic rings. The molecule has 5 nitrogen and oxygen atoms in total. The average Bonchev–Trinajstić information content (AvgIpc) is 2.38. The van der Waals surface area contributed by atoms with Crippen LogP contribution in [-0.2, 0) is 0 Å². The molecule has 0 bridgehead atoms. The highest BCUT2D eigenvalue weighted by Crippen LogP contribution is 2.22. The summed E-state index contributed by atoms with van der Waals surface area (Å²) >= 11 is 1.88. The van der Waals surface area contributed by atoms with Crippen molar-refractivity contribution in [1.29, 1.82) is 0 Å². The summed E-state index contributed by atoms with van der Waals surface area (Å²) in [6.45, 7) is 4.72. The molecule has 2 rings (SSSR count). The number of aryl methyl sites for hydroxylation is 1. The maximum atomic E-state index is 12.5. The molecule has 1 unspecified atom stereocenters. The lowest BCUT2D eigenvalue weighted by atomic mass is 10.1. The normalized spacial score (nSPS) is 19.7. The van der Waals surface area contributed by atoms with Crippen LogP contribution >= 0.6 is 11.8 Å². The number of hydrogen-bond acceptors (Lipinski definition) is 5. The van der Waals surface area contributed by atoms with Crippen molar-refractivity contribution in [3.05, 3.63) is 23.5 Å². The van der Waals surface area contributed by atoms with Gasteiger partial charge in [0.1, 0.15) is 0 Å². The summed E-state index contributed by atoms with van der Waals surface area (Å²) in [7, 11) is 0. The molecule has 1 aromatic heterocycles. The van der Waals surface area contributed by atoms with Crippen LogP contribution in [-0.4, -0.2) is 39.9 Å². The van der Waals surface area contributed by atoms with Gasteiger partial charge in [0.2, 0.25) is 0 Å². The first-order valence-electron chi connectivity index (χ1n) is 5.95. The van der Waals surface area contributed by atoms with Crippen LogP contribution in [0, 0.1) is 6.92 Å². The average molecular weight is 266 g/mol. The van der Waals surface area contributed by atoms with Crippen LogP contribution < -0.4 is 11.3 Å². The predicted molar refractivity (Wildman–Crippen MR) is 74.6 cm³/mol. The molecular formula is C12H18N4OS. The van der Waals surface area contributed by atoms with Gasteiger partial charge in [0, 0.05) is 36.0 Å². The molecule has 1 aliphatic rings. The number of rotatable bonds is 2. The summed E-state index contributed by atoms with van der Waals surface area (Å²) in [6.07, 6.45) is 1.60. The predicted octanol–water partition coefficient (Wildman–Crippen LogP) is 1.25. The van der Waals surface area contributed by atoms with Gasteiger partial charge in [0.05, 0.1) is 11.3 Å². The monoisotopic (exact) mass is 266 g/mol. The number of nitrogens with two attached hydrogens (primary N) is 1. The molecular weight excluding hydrogens is 248 g/mol. The summed E-state index contributed by atoms with van der Waals surface area (Å²) in [5, 5.41) is 0. The highest BCUT2D eigenvalue weighted by atomic mass is 32.2. The number of aromatic nitrogens is 1. The molecule has 2 heterocycles. The highest BCUT2D eigenvalue weighted by Gasteiger charge is 2.26. The molecule has 0 aliphatic carbocycles. The Labute approximate surface area is 111 Å². The van der Waals surface area contributed by atoms with E-state index in [2.05, 4.69) is 17.3 Å². The Balaban J connectivity index is 2.27. The third kappa shape index (κ3) is 2.59. The van der Waals surface area contributed by atoms with Crippen molar-refractivity contribution in [2.75, 3.05) is 23.5 Å². The number of carbonyl (C=O) groups excluding carboxylic acids is 1. The standard InChI is InChI=1S/C12H18N4OS/c1-8-5-11(15-13)10(6-14-8)12(17)16-3-4-18-7-9(16)2/h5-6,9H,3-4,7,13H2,1-2H3,(H,14,15). The van der Waals surface area contributed by atoms with Crippen molar-refractivity contribution in [3.8, 4) is 0 Å². The molecule has 0 saturated carbocycles. The maximum Gasteiger partial charge on any atom is 0.257 e. The SMILES string of the molecule is Cc1cc(NN)c(C(=O)N2CCSCC2C)cn1. The van der Waals surface area contributed by atoms with Crippen molar-refractivity contribution in [2.24, 2.45) is 5.84 Å². The number of nitrogens with one attached hydrogen (secondary N) is 1. The van der Waals surface area contributed by atoms with E-state index in [0.29, 0.717) is 11.3 Å². The molecule has 0 aromatic carbocycles. The van der Waals surface area contributed by atoms with E-state index in [1.807, 2.05) is 23.6 Å². The first kappa shape index (κ1) is 13.2. The summed E-state index contributed by atoms with van der Waals surface area (Å²) in [5.41, 5.74) is 4.59. The van der Waals surface area contributed by atoms with Crippen LogP contribution in [0.25, 0.3) is 0 Å². The second-order valence-corrected chi connectivity index (χ2v) is 5.59. The summed E-state index contributed by atoms with van der Waals surface area (Å²) in [6, 6.07) is 2.04. The minimum Gasteiger partial charge on any atom is -0.334 e. The fourth-order valence-corrected chi connectivity index (χ4v) is 3.05. The van der Waals surface area contributed by atoms with Crippen LogP contribution in [0.2, 0.25) is 0 Å². The number of anilines is 1. The van der Waals surface area contributed by atoms with Crippen LogP contribution in [0.4, 0.5) is 5.69 Å². The maximum absolute atomic E-state index is 12.5. The number of thioether (sulfide) groups is 1. The number of carbonyl (C=O) groups is 1. The van der Waals surface area contributed by atoms with Crippen molar-refractivity contribution in [1.82, 2.24) is 9.88 Å². The molecule has 1 saturated heterocycles. The molecule has 0 radical (unpaired) electrons. The van der Waals surface area contributed by atoms with E-state index < -0.39 is 0 Å². The van der Waals surface area contributed by atoms with Gasteiger partial charge in [-0.15, -0.1) is 0 Å². The van der Waals surface area contributed by atoms with E-state index in [-0.39, 0.29) is 11.9 Å². The fourth-order valence-electron chi connectivity index (χ4n) is 2.03. The third-order valence-electron chi connectivity index (χ3n) is 3.06. The van der Waals surface area contributed by atoms with Crippen molar-refractivity contribution >= 4 is 23.4 Å². The molecule has 98 valence electrons. The molecule has 18 heavy (non-hydrogen) atoms. The Morgan fingerprint density at radius 3 is 3.11 bits per heavy atom. The molecule has 1 amide bonds. The number of nitrogens with zero attached hydrogens (tertiary/aromatic N) is 2. The smallest absolute Gasteiger partial charge is 0.257 e. The minimum absolute atomic E-state index is 0.00301. The van der Waals surface area contributed by atoms with Crippen molar-refractivity contribution < 1.29 is 4.79 Å². The largest absolute Gasteiger partial charge is 0.334 e. The number of hydrazine groups is 1. The van der Waals surface area contributed by atoms with E-state index in [4.69, 9.17) is 5.84 Å². The van der Waals surface area contributed by atoms with Gasteiger partial charge in [-0.1, -0.05) is 0 Å². The molecule has 1 fully saturated rings. The lowest BCUT2D eigenvalue weighted by molar-refractivity contribution is 0.0716. The van der Waals surface area contributed by atoms with Crippen molar-refractivity contribution in [2.45, 2.75) is 19.9 Å². The van der Waals surface area contributed by atoms with E-state index in [1.54, 1.807) is 12.3 Å². The Morgan fingerprint density at radius 1 is 1.67 bits per heavy atom. The first-order valence-corrected chi connectivity index (χ1v) is 7.11. The molecule has 0 spiro atoms. The number of amides is 1. The van der Waals surface area contributed by atoms with Gasteiger partial charge >= 0.3 is 0 Å². The van der Waals surface area contributed by atoms with Gasteiger partial charge < -0.3 is 10.3 Å². The third-order valence-corrected chi connectivity index (χ3v) is 4.24.